The van der Waals surface area contributed by atoms with E-state index in [1.165, 1.54) is 18.2 Å². The maximum absolute atomic E-state index is 12.1. The molecule has 1 amide bonds. The Hall–Kier alpha value is -1.92. The molecular formula is C13H8BrClN2O3. The number of rotatable bonds is 3. The number of nitro benzene ring substituents is 1. The molecule has 0 radical (unpaired) electrons. The molecule has 7 heteroatoms. The first-order valence-electron chi connectivity index (χ1n) is 5.49. The molecule has 20 heavy (non-hydrogen) atoms. The molecule has 2 rings (SSSR count). The van der Waals surface area contributed by atoms with E-state index in [0.29, 0.717) is 5.69 Å². The Labute approximate surface area is 127 Å². The summed E-state index contributed by atoms with van der Waals surface area (Å²) in [6, 6.07) is 11.1. The highest BCUT2D eigenvalue weighted by molar-refractivity contribution is 9.10. The predicted molar refractivity (Wildman–Crippen MR) is 80.2 cm³/mol. The van der Waals surface area contributed by atoms with Crippen LogP contribution in [0, 0.1) is 10.1 Å². The summed E-state index contributed by atoms with van der Waals surface area (Å²) in [6.07, 6.45) is 0. The Balaban J connectivity index is 2.32. The molecule has 0 saturated carbocycles. The fraction of sp³-hybridized carbons (Fsp3) is 0. The molecule has 2 aromatic rings. The number of nitrogens with one attached hydrogen (secondary N) is 1. The SMILES string of the molecule is O=C(Nc1ccc(Br)cc1)c1cccc(Cl)c1[N+](=O)[O-]. The zero-order valence-corrected chi connectivity index (χ0v) is 12.3. The molecule has 0 saturated heterocycles. The summed E-state index contributed by atoms with van der Waals surface area (Å²) in [4.78, 5) is 22.4. The summed E-state index contributed by atoms with van der Waals surface area (Å²) < 4.78 is 0.865. The van der Waals surface area contributed by atoms with Gasteiger partial charge in [-0.3, -0.25) is 14.9 Å². The lowest BCUT2D eigenvalue weighted by molar-refractivity contribution is -0.385. The number of nitrogens with zero attached hydrogens (tertiary/aromatic N) is 1. The van der Waals surface area contributed by atoms with Crippen molar-refractivity contribution in [2.24, 2.45) is 0 Å². The van der Waals surface area contributed by atoms with E-state index in [1.54, 1.807) is 24.3 Å². The van der Waals surface area contributed by atoms with Gasteiger partial charge in [-0.1, -0.05) is 33.6 Å². The summed E-state index contributed by atoms with van der Waals surface area (Å²) in [7, 11) is 0. The first kappa shape index (κ1) is 14.5. The standard InChI is InChI=1S/C13H8BrClN2O3/c14-8-4-6-9(7-5-8)16-13(18)10-2-1-3-11(15)12(10)17(19)20/h1-7H,(H,16,18). The van der Waals surface area contributed by atoms with Crippen LogP contribution in [0.3, 0.4) is 0 Å². The second-order valence-electron chi connectivity index (χ2n) is 3.85. The van der Waals surface area contributed by atoms with Gasteiger partial charge >= 0.3 is 5.69 Å². The number of hydrogen-bond donors (Lipinski definition) is 1. The van der Waals surface area contributed by atoms with Crippen molar-refractivity contribution in [1.29, 1.82) is 0 Å². The molecular weight excluding hydrogens is 348 g/mol. The van der Waals surface area contributed by atoms with Crippen LogP contribution in [0.2, 0.25) is 5.02 Å². The van der Waals surface area contributed by atoms with E-state index in [9.17, 15) is 14.9 Å². The van der Waals surface area contributed by atoms with Gasteiger partial charge in [0, 0.05) is 10.2 Å². The van der Waals surface area contributed by atoms with Gasteiger partial charge in [0.15, 0.2) is 0 Å². The van der Waals surface area contributed by atoms with Crippen molar-refractivity contribution in [1.82, 2.24) is 0 Å². The second-order valence-corrected chi connectivity index (χ2v) is 5.18. The van der Waals surface area contributed by atoms with E-state index in [2.05, 4.69) is 21.2 Å². The summed E-state index contributed by atoms with van der Waals surface area (Å²) in [6.45, 7) is 0. The van der Waals surface area contributed by atoms with Crippen molar-refractivity contribution in [3.8, 4) is 0 Å². The number of para-hydroxylation sites is 1. The number of benzene rings is 2. The lowest BCUT2D eigenvalue weighted by Gasteiger charge is -2.06. The Morgan fingerprint density at radius 2 is 1.85 bits per heavy atom. The Morgan fingerprint density at radius 1 is 1.20 bits per heavy atom. The molecule has 102 valence electrons. The summed E-state index contributed by atoms with van der Waals surface area (Å²) in [5, 5.41) is 13.5. The van der Waals surface area contributed by atoms with Gasteiger partial charge in [-0.25, -0.2) is 0 Å². The summed E-state index contributed by atoms with van der Waals surface area (Å²) in [5.41, 5.74) is 0.0571. The van der Waals surface area contributed by atoms with Crippen LogP contribution in [0.1, 0.15) is 10.4 Å². The van der Waals surface area contributed by atoms with E-state index in [0.717, 1.165) is 4.47 Å². The largest absolute Gasteiger partial charge is 0.322 e. The molecule has 0 aromatic heterocycles. The number of carbonyl (C=O) groups excluding carboxylic acids is 1. The topological polar surface area (TPSA) is 72.2 Å². The quantitative estimate of drug-likeness (QED) is 0.660. The van der Waals surface area contributed by atoms with Crippen molar-refractivity contribution in [2.45, 2.75) is 0 Å². The van der Waals surface area contributed by atoms with Crippen molar-refractivity contribution in [3.63, 3.8) is 0 Å². The van der Waals surface area contributed by atoms with Crippen LogP contribution >= 0.6 is 27.5 Å². The van der Waals surface area contributed by atoms with Crippen LogP contribution in [0.5, 0.6) is 0 Å². The van der Waals surface area contributed by atoms with Gasteiger partial charge < -0.3 is 5.32 Å². The van der Waals surface area contributed by atoms with Crippen molar-refractivity contribution in [3.05, 3.63) is 67.6 Å². The van der Waals surface area contributed by atoms with Gasteiger partial charge in [-0.2, -0.15) is 0 Å². The minimum absolute atomic E-state index is 0.0709. The molecule has 0 atom stereocenters. The molecule has 0 bridgehead atoms. The zero-order valence-electron chi connectivity index (χ0n) is 9.97. The highest BCUT2D eigenvalue weighted by Crippen LogP contribution is 2.28. The number of halogens is 2. The normalized spacial score (nSPS) is 10.1. The first-order valence-corrected chi connectivity index (χ1v) is 6.66. The van der Waals surface area contributed by atoms with E-state index in [4.69, 9.17) is 11.6 Å². The monoisotopic (exact) mass is 354 g/mol. The molecule has 0 aliphatic carbocycles. The van der Waals surface area contributed by atoms with Crippen LogP contribution in [-0.2, 0) is 0 Å². The molecule has 2 aromatic carbocycles. The predicted octanol–water partition coefficient (Wildman–Crippen LogP) is 4.26. The van der Waals surface area contributed by atoms with Gasteiger partial charge in [0.25, 0.3) is 5.91 Å². The maximum atomic E-state index is 12.1. The minimum Gasteiger partial charge on any atom is -0.322 e. The van der Waals surface area contributed by atoms with E-state index in [1.807, 2.05) is 0 Å². The van der Waals surface area contributed by atoms with Gasteiger partial charge in [0.05, 0.1) is 4.92 Å². The Kier molecular flexibility index (Phi) is 4.36. The Bertz CT molecular complexity index is 674. The third-order valence-corrected chi connectivity index (χ3v) is 3.35. The van der Waals surface area contributed by atoms with Gasteiger partial charge in [-0.05, 0) is 36.4 Å². The molecule has 0 aliphatic heterocycles. The molecule has 0 heterocycles. The molecule has 5 nitrogen and oxygen atoms in total. The van der Waals surface area contributed by atoms with E-state index < -0.39 is 16.5 Å². The van der Waals surface area contributed by atoms with Gasteiger partial charge in [0.2, 0.25) is 0 Å². The molecule has 1 N–H and O–H groups in total. The van der Waals surface area contributed by atoms with Crippen LogP contribution in [-0.4, -0.2) is 10.8 Å². The van der Waals surface area contributed by atoms with Crippen LogP contribution in [0.15, 0.2) is 46.9 Å². The van der Waals surface area contributed by atoms with Gasteiger partial charge in [-0.15, -0.1) is 0 Å². The summed E-state index contributed by atoms with van der Waals surface area (Å²) in [5.74, 6) is -0.582. The summed E-state index contributed by atoms with van der Waals surface area (Å²) >= 11 is 9.04. The second kappa shape index (κ2) is 6.02. The van der Waals surface area contributed by atoms with Gasteiger partial charge in [0.1, 0.15) is 10.6 Å². The van der Waals surface area contributed by atoms with Crippen LogP contribution in [0.4, 0.5) is 11.4 Å². The maximum Gasteiger partial charge on any atom is 0.300 e. The lowest BCUT2D eigenvalue weighted by Crippen LogP contribution is -2.14. The molecule has 0 aliphatic rings. The number of anilines is 1. The molecule has 0 fully saturated rings. The third kappa shape index (κ3) is 3.15. The third-order valence-electron chi connectivity index (χ3n) is 2.52. The Morgan fingerprint density at radius 3 is 2.45 bits per heavy atom. The van der Waals surface area contributed by atoms with E-state index >= 15 is 0 Å². The molecule has 0 unspecified atom stereocenters. The number of hydrogen-bond acceptors (Lipinski definition) is 3. The fourth-order valence-electron chi connectivity index (χ4n) is 1.62. The zero-order chi connectivity index (χ0) is 14.7. The molecule has 0 spiro atoms. The average molecular weight is 356 g/mol. The van der Waals surface area contributed by atoms with Crippen molar-refractivity contribution in [2.75, 3.05) is 5.32 Å². The highest BCUT2D eigenvalue weighted by Gasteiger charge is 2.23. The number of carbonyl (C=O) groups is 1. The number of nitro groups is 1. The fourth-order valence-corrected chi connectivity index (χ4v) is 2.12. The van der Waals surface area contributed by atoms with Crippen LogP contribution in [0.25, 0.3) is 0 Å². The lowest BCUT2D eigenvalue weighted by atomic mass is 10.1. The van der Waals surface area contributed by atoms with E-state index in [-0.39, 0.29) is 10.6 Å². The smallest absolute Gasteiger partial charge is 0.300 e. The van der Waals surface area contributed by atoms with Crippen LogP contribution < -0.4 is 5.32 Å². The van der Waals surface area contributed by atoms with Crippen molar-refractivity contribution < 1.29 is 9.72 Å². The average Bonchev–Trinajstić information content (AvgIpc) is 2.40. The minimum atomic E-state index is -0.668. The first-order chi connectivity index (χ1) is 9.49. The number of amides is 1. The highest BCUT2D eigenvalue weighted by atomic mass is 79.9. The van der Waals surface area contributed by atoms with Crippen molar-refractivity contribution >= 4 is 44.8 Å².